The molecule has 2 aromatic rings. The van der Waals surface area contributed by atoms with Crippen molar-refractivity contribution in [3.63, 3.8) is 0 Å². The number of nitrogens with zero attached hydrogens (tertiary/aromatic N) is 2. The van der Waals surface area contributed by atoms with E-state index in [9.17, 15) is 18.9 Å². The standard InChI is InChI=1S/C38H49ClN4O6S/c1-24-5-3-7-34(48-2)31-11-8-28(31)19-43-22-38(14-4-6-26-17-29(39)10-12-32(26)38)23-49-35-13-9-27(18-33(35)43)36(45)41-50(47,21-24)42-37(46)40-30-15-25(16-30)20-44/h3,7,9-10,12-13,17-18,24-25,28,30-31,34,44H,4-6,8,11,14-16,19-23H2,1-2H3,(H2,40,41,42,45,46,47)/b7-3+/t24-,25-,28-,30-,31+,34-,38-,50-/m0/s1. The molecular weight excluding hydrogens is 676 g/mol. The molecule has 2 fully saturated rings. The number of nitrogens with one attached hydrogen (secondary N) is 2. The van der Waals surface area contributed by atoms with Crippen molar-refractivity contribution in [3.8, 4) is 5.75 Å². The lowest BCUT2D eigenvalue weighted by Gasteiger charge is -2.46. The highest BCUT2D eigenvalue weighted by Gasteiger charge is 2.44. The first kappa shape index (κ1) is 35.3. The average Bonchev–Trinajstić information content (AvgIpc) is 3.20. The first-order valence-electron chi connectivity index (χ1n) is 18.1. The first-order chi connectivity index (χ1) is 24.1. The zero-order valence-corrected chi connectivity index (χ0v) is 30.5. The maximum absolute atomic E-state index is 14.4. The lowest BCUT2D eigenvalue weighted by molar-refractivity contribution is 0.0131. The van der Waals surface area contributed by atoms with Crippen LogP contribution in [0, 0.1) is 23.7 Å². The molecule has 3 aliphatic carbocycles. The van der Waals surface area contributed by atoms with Gasteiger partial charge in [0.2, 0.25) is 0 Å². The van der Waals surface area contributed by atoms with Gasteiger partial charge >= 0.3 is 6.03 Å². The smallest absolute Gasteiger partial charge is 0.327 e. The number of aryl methyl sites for hydroxylation is 1. The summed E-state index contributed by atoms with van der Waals surface area (Å²) in [4.78, 5) is 29.4. The summed E-state index contributed by atoms with van der Waals surface area (Å²) in [5, 5.41) is 12.9. The second-order valence-electron chi connectivity index (χ2n) is 15.3. The molecule has 2 heterocycles. The second-order valence-corrected chi connectivity index (χ2v) is 17.7. The molecule has 2 saturated carbocycles. The van der Waals surface area contributed by atoms with Gasteiger partial charge in [-0.3, -0.25) is 9.52 Å². The second kappa shape index (κ2) is 14.5. The van der Waals surface area contributed by atoms with Gasteiger partial charge in [-0.15, -0.1) is 4.36 Å². The van der Waals surface area contributed by atoms with Crippen LogP contribution in [0.1, 0.15) is 73.4 Å². The molecule has 10 nitrogen and oxygen atoms in total. The van der Waals surface area contributed by atoms with Gasteiger partial charge in [0.25, 0.3) is 5.91 Å². The lowest BCUT2D eigenvalue weighted by atomic mass is 9.68. The number of methoxy groups -OCH3 is 1. The average molecular weight is 725 g/mol. The minimum Gasteiger partial charge on any atom is -0.490 e. The lowest BCUT2D eigenvalue weighted by Crippen LogP contribution is -2.50. The zero-order valence-electron chi connectivity index (χ0n) is 28.9. The number of aliphatic hydroxyl groups excluding tert-OH is 1. The van der Waals surface area contributed by atoms with Crippen molar-refractivity contribution in [2.75, 3.05) is 44.1 Å². The Hall–Kier alpha value is -3.12. The highest BCUT2D eigenvalue weighted by Crippen LogP contribution is 2.47. The minimum atomic E-state index is -3.50. The summed E-state index contributed by atoms with van der Waals surface area (Å²) in [6, 6.07) is 10.8. The number of carbonyl (C=O) groups is 2. The molecule has 6 atom stereocenters. The third-order valence-electron chi connectivity index (χ3n) is 11.6. The van der Waals surface area contributed by atoms with Crippen molar-refractivity contribution in [3.05, 3.63) is 70.3 Å². The molecule has 12 heteroatoms. The molecule has 2 aromatic carbocycles. The number of urea groups is 1. The number of hydrogen-bond acceptors (Lipinski definition) is 7. The highest BCUT2D eigenvalue weighted by molar-refractivity contribution is 7.92. The van der Waals surface area contributed by atoms with Crippen LogP contribution in [0.2, 0.25) is 5.02 Å². The number of allylic oxidation sites excluding steroid dienone is 1. The fourth-order valence-electron chi connectivity index (χ4n) is 8.73. The fourth-order valence-corrected chi connectivity index (χ4v) is 10.8. The molecule has 3 amide bonds. The maximum Gasteiger partial charge on any atom is 0.327 e. The van der Waals surface area contributed by atoms with E-state index < -0.39 is 21.9 Å². The quantitative estimate of drug-likeness (QED) is 0.328. The van der Waals surface area contributed by atoms with Gasteiger partial charge in [0.15, 0.2) is 0 Å². The van der Waals surface area contributed by atoms with Gasteiger partial charge in [0.05, 0.1) is 24.2 Å². The van der Waals surface area contributed by atoms with Gasteiger partial charge in [0, 0.05) is 48.8 Å². The van der Waals surface area contributed by atoms with Crippen molar-refractivity contribution < 1.29 is 28.4 Å². The summed E-state index contributed by atoms with van der Waals surface area (Å²) >= 11 is 6.45. The Morgan fingerprint density at radius 1 is 1.22 bits per heavy atom. The Morgan fingerprint density at radius 3 is 2.82 bits per heavy atom. The highest BCUT2D eigenvalue weighted by atomic mass is 35.5. The van der Waals surface area contributed by atoms with Crippen LogP contribution >= 0.6 is 11.6 Å². The van der Waals surface area contributed by atoms with Crippen LogP contribution in [0.25, 0.3) is 0 Å². The molecule has 2 aliphatic heterocycles. The van der Waals surface area contributed by atoms with Gasteiger partial charge in [-0.2, -0.15) is 0 Å². The molecule has 0 unspecified atom stereocenters. The number of rotatable bonds is 4. The number of fused-ring (bicyclic) bond motifs is 4. The number of amides is 3. The van der Waals surface area contributed by atoms with Crippen molar-refractivity contribution >= 4 is 39.1 Å². The Balaban J connectivity index is 1.26. The van der Waals surface area contributed by atoms with E-state index in [-0.39, 0.29) is 41.8 Å². The molecule has 3 N–H and O–H groups in total. The molecule has 1 spiro atoms. The Morgan fingerprint density at radius 2 is 2.06 bits per heavy atom. The van der Waals surface area contributed by atoms with E-state index in [0.717, 1.165) is 49.4 Å². The summed E-state index contributed by atoms with van der Waals surface area (Å²) < 4.78 is 33.9. The number of anilines is 1. The first-order valence-corrected chi connectivity index (χ1v) is 20.1. The van der Waals surface area contributed by atoms with E-state index in [1.54, 1.807) is 13.2 Å². The van der Waals surface area contributed by atoms with Crippen LogP contribution in [0.4, 0.5) is 10.5 Å². The van der Waals surface area contributed by atoms with Crippen molar-refractivity contribution in [1.82, 2.24) is 10.0 Å². The van der Waals surface area contributed by atoms with Gasteiger partial charge < -0.3 is 24.8 Å². The van der Waals surface area contributed by atoms with E-state index in [1.165, 1.54) is 11.1 Å². The molecule has 2 bridgehead atoms. The summed E-state index contributed by atoms with van der Waals surface area (Å²) in [5.74, 6) is 0.810. The third-order valence-corrected chi connectivity index (χ3v) is 13.8. The molecule has 0 saturated heterocycles. The predicted octanol–water partition coefficient (Wildman–Crippen LogP) is 6.04. The van der Waals surface area contributed by atoms with Gasteiger partial charge in [0.1, 0.15) is 15.7 Å². The molecule has 0 aromatic heterocycles. The number of hydrogen-bond donors (Lipinski definition) is 3. The van der Waals surface area contributed by atoms with Crippen LogP contribution in [0.15, 0.2) is 52.9 Å². The molecule has 50 heavy (non-hydrogen) atoms. The van der Waals surface area contributed by atoms with Gasteiger partial charge in [-0.05, 0) is 116 Å². The largest absolute Gasteiger partial charge is 0.490 e. The zero-order chi connectivity index (χ0) is 35.0. The van der Waals surface area contributed by atoms with Gasteiger partial charge in [-0.1, -0.05) is 36.7 Å². The number of ether oxygens (including phenoxy) is 2. The summed E-state index contributed by atoms with van der Waals surface area (Å²) in [7, 11) is -1.74. The van der Waals surface area contributed by atoms with Crippen LogP contribution in [-0.2, 0) is 26.5 Å². The Kier molecular flexibility index (Phi) is 10.2. The fraction of sp³-hybridized carbons (Fsp3) is 0.579. The van der Waals surface area contributed by atoms with Crippen LogP contribution in [0.5, 0.6) is 5.75 Å². The summed E-state index contributed by atoms with van der Waals surface area (Å²) in [6.07, 6.45) is 11.2. The van der Waals surface area contributed by atoms with Crippen molar-refractivity contribution in [2.45, 2.75) is 75.9 Å². The van der Waals surface area contributed by atoms with E-state index >= 15 is 0 Å². The van der Waals surface area contributed by atoms with Crippen molar-refractivity contribution in [1.29, 1.82) is 0 Å². The predicted molar refractivity (Wildman–Crippen MR) is 195 cm³/mol. The van der Waals surface area contributed by atoms with Crippen LogP contribution < -0.4 is 19.7 Å². The molecular formula is C38H49ClN4O6S. The SMILES string of the molecule is CO[C@H]1/C=C/C[C@H](C)C[S@@](=O)(NC(=O)N[C@H]2C[C@H](CO)C2)=NC(=O)c2ccc3c(c2)N(C[C@@H]2CC[C@H]21)C[C@@]1(CCCc2cc(Cl)ccc21)CO3. The Labute approximate surface area is 300 Å². The summed E-state index contributed by atoms with van der Waals surface area (Å²) in [6.45, 7) is 4.02. The molecule has 7 rings (SSSR count). The number of carbonyl (C=O) groups excluding carboxylic acids is 2. The van der Waals surface area contributed by atoms with Crippen LogP contribution in [0.3, 0.4) is 0 Å². The topological polar surface area (TPSA) is 130 Å². The van der Waals surface area contributed by atoms with Crippen molar-refractivity contribution in [2.24, 2.45) is 28.0 Å². The third kappa shape index (κ3) is 7.29. The number of halogens is 1. The van der Waals surface area contributed by atoms with E-state index in [0.29, 0.717) is 55.6 Å². The van der Waals surface area contributed by atoms with E-state index in [2.05, 4.69) is 43.6 Å². The number of aliphatic hydroxyl groups is 1. The Bertz CT molecular complexity index is 1770. The molecule has 0 radical (unpaired) electrons. The van der Waals surface area contributed by atoms with Crippen LogP contribution in [-0.4, -0.2) is 72.6 Å². The van der Waals surface area contributed by atoms with E-state index in [1.807, 2.05) is 25.1 Å². The van der Waals surface area contributed by atoms with E-state index in [4.69, 9.17) is 21.1 Å². The maximum atomic E-state index is 14.4. The summed E-state index contributed by atoms with van der Waals surface area (Å²) in [5.41, 5.74) is 3.39. The minimum absolute atomic E-state index is 0.0102. The van der Waals surface area contributed by atoms with Gasteiger partial charge in [-0.25, -0.2) is 9.00 Å². The normalized spacial score (nSPS) is 34.4. The number of benzene rings is 2. The monoisotopic (exact) mass is 724 g/mol. The molecule has 5 aliphatic rings. The molecule has 270 valence electrons.